The van der Waals surface area contributed by atoms with Crippen LogP contribution in [0.25, 0.3) is 0 Å². The minimum Gasteiger partial charge on any atom is -0.342 e. The van der Waals surface area contributed by atoms with Gasteiger partial charge < -0.3 is 10.6 Å². The summed E-state index contributed by atoms with van der Waals surface area (Å²) in [4.78, 5) is 14.0. The fraction of sp³-hybridized carbons (Fsp3) is 0.917. The van der Waals surface area contributed by atoms with E-state index in [9.17, 15) is 4.79 Å². The molecule has 1 saturated carbocycles. The highest BCUT2D eigenvalue weighted by atomic mass is 32.2. The van der Waals surface area contributed by atoms with Crippen LogP contribution in [-0.2, 0) is 4.79 Å². The molecule has 2 aliphatic rings. The molecule has 3 unspecified atom stereocenters. The molecule has 0 aromatic heterocycles. The van der Waals surface area contributed by atoms with Crippen LogP contribution >= 0.6 is 11.8 Å². The minimum absolute atomic E-state index is 0.330. The highest BCUT2D eigenvalue weighted by Crippen LogP contribution is 2.35. The summed E-state index contributed by atoms with van der Waals surface area (Å²) in [6.07, 6.45) is 6.40. The van der Waals surface area contributed by atoms with Crippen molar-refractivity contribution in [2.24, 2.45) is 17.6 Å². The molecule has 0 bridgehead atoms. The van der Waals surface area contributed by atoms with Crippen LogP contribution in [-0.4, -0.2) is 41.9 Å². The molecule has 3 nitrogen and oxygen atoms in total. The molecule has 2 fully saturated rings. The highest BCUT2D eigenvalue weighted by molar-refractivity contribution is 7.98. The van der Waals surface area contributed by atoms with E-state index >= 15 is 0 Å². The van der Waals surface area contributed by atoms with Gasteiger partial charge in [-0.15, -0.1) is 0 Å². The average molecular weight is 242 g/mol. The molecule has 4 heteroatoms. The molecule has 0 spiro atoms. The van der Waals surface area contributed by atoms with Crippen LogP contribution < -0.4 is 5.73 Å². The number of thioether (sulfide) groups is 1. The van der Waals surface area contributed by atoms with E-state index in [2.05, 4.69) is 4.90 Å². The number of hydrogen-bond donors (Lipinski definition) is 1. The predicted molar refractivity (Wildman–Crippen MR) is 68.4 cm³/mol. The van der Waals surface area contributed by atoms with E-state index in [1.165, 1.54) is 12.8 Å². The fourth-order valence-electron chi connectivity index (χ4n) is 3.07. The molecular weight excluding hydrogens is 220 g/mol. The maximum atomic E-state index is 11.9. The van der Waals surface area contributed by atoms with Crippen LogP contribution in [0, 0.1) is 11.8 Å². The predicted octanol–water partition coefficient (Wildman–Crippen LogP) is 1.33. The Balaban J connectivity index is 1.88. The van der Waals surface area contributed by atoms with Gasteiger partial charge in [-0.1, -0.05) is 6.42 Å². The molecule has 1 saturated heterocycles. The smallest absolute Gasteiger partial charge is 0.223 e. The number of nitrogens with two attached hydrogens (primary N) is 1. The lowest BCUT2D eigenvalue weighted by Gasteiger charge is -2.29. The van der Waals surface area contributed by atoms with E-state index in [0.29, 0.717) is 30.2 Å². The second-order valence-corrected chi connectivity index (χ2v) is 6.05. The molecular formula is C12H22N2OS. The molecule has 0 aromatic carbocycles. The molecule has 3 atom stereocenters. The first-order chi connectivity index (χ1) is 7.72. The Morgan fingerprint density at radius 3 is 2.94 bits per heavy atom. The van der Waals surface area contributed by atoms with Gasteiger partial charge in [-0.3, -0.25) is 4.79 Å². The van der Waals surface area contributed by atoms with Crippen molar-refractivity contribution in [1.29, 1.82) is 0 Å². The summed E-state index contributed by atoms with van der Waals surface area (Å²) >= 11 is 1.74. The van der Waals surface area contributed by atoms with Gasteiger partial charge in [0.05, 0.1) is 0 Å². The number of carbonyl (C=O) groups excluding carboxylic acids is 1. The first-order valence-electron chi connectivity index (χ1n) is 6.24. The summed E-state index contributed by atoms with van der Waals surface area (Å²) in [5.41, 5.74) is 6.14. The quantitative estimate of drug-likeness (QED) is 0.812. The summed E-state index contributed by atoms with van der Waals surface area (Å²) in [5, 5.41) is 0. The van der Waals surface area contributed by atoms with Gasteiger partial charge in [0.1, 0.15) is 0 Å². The Bertz CT molecular complexity index is 259. The molecule has 2 N–H and O–H groups in total. The normalized spacial score (nSPS) is 33.9. The summed E-state index contributed by atoms with van der Waals surface area (Å²) in [6.45, 7) is 1.88. The number of hydrogen-bond acceptors (Lipinski definition) is 3. The number of nitrogens with zero attached hydrogens (tertiary/aromatic N) is 1. The largest absolute Gasteiger partial charge is 0.342 e. The van der Waals surface area contributed by atoms with Crippen LogP contribution in [0.15, 0.2) is 0 Å². The molecule has 2 rings (SSSR count). The van der Waals surface area contributed by atoms with Crippen LogP contribution in [0.2, 0.25) is 0 Å². The van der Waals surface area contributed by atoms with E-state index in [1.807, 2.05) is 6.26 Å². The van der Waals surface area contributed by atoms with Crippen molar-refractivity contribution in [1.82, 2.24) is 4.90 Å². The number of amides is 1. The molecule has 16 heavy (non-hydrogen) atoms. The molecule has 92 valence electrons. The van der Waals surface area contributed by atoms with Gasteiger partial charge >= 0.3 is 0 Å². The van der Waals surface area contributed by atoms with E-state index in [4.69, 9.17) is 5.73 Å². The third-order valence-corrected chi connectivity index (χ3v) is 4.64. The van der Waals surface area contributed by atoms with Crippen molar-refractivity contribution < 1.29 is 4.79 Å². The number of carbonyl (C=O) groups is 1. The zero-order chi connectivity index (χ0) is 11.5. The maximum absolute atomic E-state index is 11.9. The number of fused-ring (bicyclic) bond motifs is 1. The molecule has 0 aromatic rings. The Morgan fingerprint density at radius 1 is 1.44 bits per heavy atom. The van der Waals surface area contributed by atoms with Gasteiger partial charge in [0.25, 0.3) is 0 Å². The second kappa shape index (κ2) is 5.41. The Morgan fingerprint density at radius 2 is 2.25 bits per heavy atom. The summed E-state index contributed by atoms with van der Waals surface area (Å²) in [7, 11) is 0. The zero-order valence-electron chi connectivity index (χ0n) is 10.0. The average Bonchev–Trinajstić information content (AvgIpc) is 2.71. The maximum Gasteiger partial charge on any atom is 0.223 e. The van der Waals surface area contributed by atoms with Crippen molar-refractivity contribution in [3.05, 3.63) is 0 Å². The Labute approximate surface area is 102 Å². The zero-order valence-corrected chi connectivity index (χ0v) is 10.8. The molecule has 1 aliphatic carbocycles. The van der Waals surface area contributed by atoms with Gasteiger partial charge in [0.2, 0.25) is 5.91 Å². The van der Waals surface area contributed by atoms with Gasteiger partial charge in [-0.05, 0) is 30.9 Å². The van der Waals surface area contributed by atoms with Crippen LogP contribution in [0.4, 0.5) is 0 Å². The first-order valence-corrected chi connectivity index (χ1v) is 7.64. The van der Waals surface area contributed by atoms with Crippen LogP contribution in [0.3, 0.4) is 0 Å². The number of rotatable bonds is 3. The van der Waals surface area contributed by atoms with Crippen molar-refractivity contribution >= 4 is 17.7 Å². The molecule has 0 radical (unpaired) electrons. The lowest BCUT2D eigenvalue weighted by molar-refractivity contribution is -0.129. The summed E-state index contributed by atoms with van der Waals surface area (Å²) < 4.78 is 0. The highest BCUT2D eigenvalue weighted by Gasteiger charge is 2.39. The van der Waals surface area contributed by atoms with E-state index in [0.717, 1.165) is 25.3 Å². The third-order valence-electron chi connectivity index (χ3n) is 4.03. The van der Waals surface area contributed by atoms with Crippen molar-refractivity contribution in [3.8, 4) is 0 Å². The molecule has 1 heterocycles. The lowest BCUT2D eigenvalue weighted by Crippen LogP contribution is -2.38. The SMILES string of the molecule is CSCCC(=O)N1CC2CCCC(N)C2C1. The third kappa shape index (κ3) is 2.54. The van der Waals surface area contributed by atoms with Crippen molar-refractivity contribution in [3.63, 3.8) is 0 Å². The Kier molecular flexibility index (Phi) is 4.14. The van der Waals surface area contributed by atoms with Crippen LogP contribution in [0.5, 0.6) is 0 Å². The van der Waals surface area contributed by atoms with Crippen molar-refractivity contribution in [2.45, 2.75) is 31.7 Å². The summed E-state index contributed by atoms with van der Waals surface area (Å²) in [6, 6.07) is 0.331. The minimum atomic E-state index is 0.330. The molecule has 1 amide bonds. The second-order valence-electron chi connectivity index (χ2n) is 5.06. The Hall–Kier alpha value is -0.220. The first kappa shape index (κ1) is 12.2. The standard InChI is InChI=1S/C12H22N2OS/c1-16-6-5-12(15)14-7-9-3-2-4-11(13)10(9)8-14/h9-11H,2-8,13H2,1H3. The van der Waals surface area contributed by atoms with Gasteiger partial charge in [0.15, 0.2) is 0 Å². The van der Waals surface area contributed by atoms with Crippen LogP contribution in [0.1, 0.15) is 25.7 Å². The van der Waals surface area contributed by atoms with E-state index in [-0.39, 0.29) is 0 Å². The van der Waals surface area contributed by atoms with E-state index < -0.39 is 0 Å². The lowest BCUT2D eigenvalue weighted by atomic mass is 9.78. The van der Waals surface area contributed by atoms with Crippen molar-refractivity contribution in [2.75, 3.05) is 25.1 Å². The monoisotopic (exact) mass is 242 g/mol. The topological polar surface area (TPSA) is 46.3 Å². The summed E-state index contributed by atoms with van der Waals surface area (Å²) in [5.74, 6) is 2.53. The van der Waals surface area contributed by atoms with Gasteiger partial charge in [-0.25, -0.2) is 0 Å². The molecule has 1 aliphatic heterocycles. The fourth-order valence-corrected chi connectivity index (χ4v) is 3.45. The number of likely N-dealkylation sites (tertiary alicyclic amines) is 1. The van der Waals surface area contributed by atoms with Gasteiger partial charge in [0, 0.05) is 31.3 Å². The van der Waals surface area contributed by atoms with E-state index in [1.54, 1.807) is 11.8 Å². The van der Waals surface area contributed by atoms with Gasteiger partial charge in [-0.2, -0.15) is 11.8 Å².